The molecule has 0 fully saturated rings. The molecule has 3 aromatic heterocycles. The van der Waals surface area contributed by atoms with Gasteiger partial charge in [-0.25, -0.2) is 4.98 Å². The Labute approximate surface area is 301 Å². The molecule has 0 unspecified atom stereocenters. The van der Waals surface area contributed by atoms with Gasteiger partial charge in [0.25, 0.3) is 6.33 Å². The maximum absolute atomic E-state index is 6.41. The number of aryl methyl sites for hydroxylation is 1. The van der Waals surface area contributed by atoms with E-state index in [0.29, 0.717) is 11.5 Å². The van der Waals surface area contributed by atoms with Crippen molar-refractivity contribution in [3.05, 3.63) is 163 Å². The summed E-state index contributed by atoms with van der Waals surface area (Å²) in [5.74, 6) is 2.05. The van der Waals surface area contributed by atoms with Gasteiger partial charge in [0, 0.05) is 56.7 Å². The summed E-state index contributed by atoms with van der Waals surface area (Å²) in [5, 5.41) is 2.24. The standard InChI is InChI=1S/C43H34N4O.Pt/c1-30-17-18-32(31-11-6-5-7-12-31)25-40(30)46-24-23-45(29-46)34-13-10-14-35(27-34)48-36-19-20-38-37-15-8-9-16-39(37)47(41(38)28-36)42-26-33(21-22-44-42)43(2,3)4;/h5-26H,1-4H3;/q-2;. The van der Waals surface area contributed by atoms with E-state index in [1.807, 2.05) is 58.1 Å². The van der Waals surface area contributed by atoms with Crippen LogP contribution in [0.3, 0.4) is 0 Å². The molecule has 6 heteroatoms. The van der Waals surface area contributed by atoms with E-state index in [4.69, 9.17) is 9.72 Å². The molecule has 49 heavy (non-hydrogen) atoms. The minimum absolute atomic E-state index is 0. The quantitative estimate of drug-likeness (QED) is 0.124. The molecule has 8 aromatic rings. The van der Waals surface area contributed by atoms with Crippen LogP contribution < -0.4 is 9.30 Å². The fourth-order valence-electron chi connectivity index (χ4n) is 6.20. The first-order chi connectivity index (χ1) is 23.3. The van der Waals surface area contributed by atoms with Gasteiger partial charge in [0.05, 0.1) is 5.69 Å². The molecule has 8 rings (SSSR count). The van der Waals surface area contributed by atoms with Gasteiger partial charge in [-0.1, -0.05) is 87.0 Å². The van der Waals surface area contributed by atoms with Gasteiger partial charge in [-0.05, 0) is 69.9 Å². The molecule has 0 aliphatic heterocycles. The van der Waals surface area contributed by atoms with Crippen molar-refractivity contribution in [2.75, 3.05) is 0 Å². The summed E-state index contributed by atoms with van der Waals surface area (Å²) < 4.78 is 12.5. The second-order valence-corrected chi connectivity index (χ2v) is 13.1. The second-order valence-electron chi connectivity index (χ2n) is 13.1. The zero-order valence-electron chi connectivity index (χ0n) is 27.7. The first kappa shape index (κ1) is 32.3. The fraction of sp³-hybridized carbons (Fsp3) is 0.116. The predicted molar refractivity (Wildman–Crippen MR) is 191 cm³/mol. The summed E-state index contributed by atoms with van der Waals surface area (Å²) in [7, 11) is 0. The molecule has 0 aliphatic rings. The van der Waals surface area contributed by atoms with Crippen molar-refractivity contribution < 1.29 is 30.4 Å². The third kappa shape index (κ3) is 6.23. The minimum atomic E-state index is -0.00324. The monoisotopic (exact) mass is 817 g/mol. The molecule has 0 N–H and O–H groups in total. The molecule has 0 saturated carbocycles. The molecule has 0 spiro atoms. The van der Waals surface area contributed by atoms with Crippen molar-refractivity contribution in [1.82, 2.24) is 14.1 Å². The van der Waals surface area contributed by atoms with Crippen LogP contribution in [-0.4, -0.2) is 14.1 Å². The van der Waals surface area contributed by atoms with Gasteiger partial charge in [0.2, 0.25) is 0 Å². The van der Waals surface area contributed by atoms with Crippen molar-refractivity contribution in [1.29, 1.82) is 0 Å². The summed E-state index contributed by atoms with van der Waals surface area (Å²) in [4.78, 5) is 4.79. The number of ether oxygens (including phenoxy) is 1. The summed E-state index contributed by atoms with van der Waals surface area (Å²) in [6.45, 7) is 8.77. The van der Waals surface area contributed by atoms with E-state index in [1.165, 1.54) is 16.7 Å². The Balaban J connectivity index is 0.00000378. The van der Waals surface area contributed by atoms with Gasteiger partial charge in [0.1, 0.15) is 5.82 Å². The number of hydrogen-bond donors (Lipinski definition) is 0. The molecule has 0 amide bonds. The van der Waals surface area contributed by atoms with Crippen LogP contribution in [0.4, 0.5) is 0 Å². The Morgan fingerprint density at radius 1 is 0.735 bits per heavy atom. The number of aromatic nitrogens is 4. The largest absolute Gasteiger partial charge is 0.510 e. The van der Waals surface area contributed by atoms with Crippen molar-refractivity contribution in [2.45, 2.75) is 33.1 Å². The maximum atomic E-state index is 6.41. The SMILES string of the molecule is Cc1ccc(-c2ccccc2)cc1-[n+]1[c-]n(-c2[c-]c(Oc3[c-]c4c(cc3)c3ccccc3n4-c3cc(C(C)(C)C)ccn3)ccc2)cc1.[Pt]. The van der Waals surface area contributed by atoms with Crippen LogP contribution >= 0.6 is 0 Å². The third-order valence-corrected chi connectivity index (χ3v) is 8.79. The Morgan fingerprint density at radius 2 is 1.53 bits per heavy atom. The van der Waals surface area contributed by atoms with E-state index in [2.05, 4.69) is 136 Å². The van der Waals surface area contributed by atoms with E-state index in [1.54, 1.807) is 0 Å². The summed E-state index contributed by atoms with van der Waals surface area (Å²) in [6, 6.07) is 46.6. The van der Waals surface area contributed by atoms with Gasteiger partial charge < -0.3 is 13.9 Å². The van der Waals surface area contributed by atoms with Crippen LogP contribution in [-0.2, 0) is 26.5 Å². The normalized spacial score (nSPS) is 11.5. The average molecular weight is 818 g/mol. The molecule has 5 nitrogen and oxygen atoms in total. The smallest absolute Gasteiger partial charge is 0.267 e. The summed E-state index contributed by atoms with van der Waals surface area (Å²) in [5.41, 5.74) is 8.61. The molecular formula is C43H34N4OPt-2. The van der Waals surface area contributed by atoms with Gasteiger partial charge in [-0.3, -0.25) is 4.57 Å². The van der Waals surface area contributed by atoms with Crippen molar-refractivity contribution in [2.24, 2.45) is 0 Å². The molecule has 0 bridgehead atoms. The van der Waals surface area contributed by atoms with E-state index >= 15 is 0 Å². The Kier molecular flexibility index (Phi) is 8.56. The number of pyridine rings is 1. The number of nitrogens with zero attached hydrogens (tertiary/aromatic N) is 4. The minimum Gasteiger partial charge on any atom is -0.510 e. The van der Waals surface area contributed by atoms with Crippen LogP contribution in [0, 0.1) is 25.4 Å². The molecule has 0 saturated heterocycles. The fourth-order valence-corrected chi connectivity index (χ4v) is 6.20. The maximum Gasteiger partial charge on any atom is 0.267 e. The van der Waals surface area contributed by atoms with E-state index in [-0.39, 0.29) is 26.5 Å². The third-order valence-electron chi connectivity index (χ3n) is 8.79. The van der Waals surface area contributed by atoms with Gasteiger partial charge in [-0.2, -0.15) is 18.2 Å². The second kappa shape index (κ2) is 13.0. The number of imidazole rings is 1. The first-order valence-corrected chi connectivity index (χ1v) is 16.1. The van der Waals surface area contributed by atoms with Gasteiger partial charge in [-0.15, -0.1) is 29.7 Å². The van der Waals surface area contributed by atoms with Crippen LogP contribution in [0.2, 0.25) is 0 Å². The summed E-state index contributed by atoms with van der Waals surface area (Å²) in [6.07, 6.45) is 9.36. The molecular weight excluding hydrogens is 784 g/mol. The number of fused-ring (bicyclic) bond motifs is 3. The van der Waals surface area contributed by atoms with E-state index in [0.717, 1.165) is 44.6 Å². The average Bonchev–Trinajstić information content (AvgIpc) is 3.72. The number of hydrogen-bond acceptors (Lipinski definition) is 2. The summed E-state index contributed by atoms with van der Waals surface area (Å²) >= 11 is 0. The van der Waals surface area contributed by atoms with Gasteiger partial charge in [0.15, 0.2) is 0 Å². The molecule has 5 aromatic carbocycles. The molecule has 244 valence electrons. The Bertz CT molecular complexity index is 2440. The van der Waals surface area contributed by atoms with Crippen molar-refractivity contribution in [3.8, 4) is 39.8 Å². The number of rotatable bonds is 6. The van der Waals surface area contributed by atoms with E-state index < -0.39 is 0 Å². The molecule has 3 heterocycles. The van der Waals surface area contributed by atoms with Crippen LogP contribution in [0.1, 0.15) is 31.9 Å². The molecule has 0 atom stereocenters. The van der Waals surface area contributed by atoms with Crippen molar-refractivity contribution >= 4 is 21.8 Å². The molecule has 0 aliphatic carbocycles. The number of para-hydroxylation sites is 1. The first-order valence-electron chi connectivity index (χ1n) is 16.1. The Hall–Kier alpha value is -5.25. The van der Waals surface area contributed by atoms with Crippen LogP contribution in [0.25, 0.3) is 50.1 Å². The molecule has 0 radical (unpaired) electrons. The zero-order valence-corrected chi connectivity index (χ0v) is 30.0. The van der Waals surface area contributed by atoms with Gasteiger partial charge >= 0.3 is 0 Å². The van der Waals surface area contributed by atoms with Crippen LogP contribution in [0.5, 0.6) is 11.5 Å². The predicted octanol–water partition coefficient (Wildman–Crippen LogP) is 9.71. The zero-order chi connectivity index (χ0) is 32.8. The topological polar surface area (TPSA) is 35.9 Å². The van der Waals surface area contributed by atoms with Crippen LogP contribution in [0.15, 0.2) is 134 Å². The van der Waals surface area contributed by atoms with E-state index in [9.17, 15) is 0 Å². The number of benzene rings is 5. The van der Waals surface area contributed by atoms with Crippen molar-refractivity contribution in [3.63, 3.8) is 0 Å². The Morgan fingerprint density at radius 3 is 2.37 bits per heavy atom.